The molecule has 0 aliphatic heterocycles. The fourth-order valence-electron chi connectivity index (χ4n) is 2.67. The lowest BCUT2D eigenvalue weighted by molar-refractivity contribution is 0.415. The Morgan fingerprint density at radius 3 is 2.30 bits per heavy atom. The Hall–Kier alpha value is -2.55. The summed E-state index contributed by atoms with van der Waals surface area (Å²) < 4.78 is 56.3. The molecule has 0 saturated carbocycles. The van der Waals surface area contributed by atoms with Gasteiger partial charge in [-0.1, -0.05) is 17.7 Å². The number of nitrogens with two attached hydrogens (primary N) is 1. The first kappa shape index (κ1) is 19.2. The number of halogens is 3. The Morgan fingerprint density at radius 2 is 1.74 bits per heavy atom. The minimum Gasteiger partial charge on any atom is -0.495 e. The number of primary sulfonamides is 1. The Kier molecular flexibility index (Phi) is 5.14. The van der Waals surface area contributed by atoms with Crippen LogP contribution in [0.25, 0.3) is 22.4 Å². The molecule has 3 aromatic rings. The number of rotatable bonds is 4. The van der Waals surface area contributed by atoms with E-state index in [1.54, 1.807) is 30.3 Å². The van der Waals surface area contributed by atoms with Gasteiger partial charge in [-0.05, 0) is 42.0 Å². The average Bonchev–Trinajstić information content (AvgIpc) is 2.59. The van der Waals surface area contributed by atoms with Crippen LogP contribution in [0.4, 0.5) is 8.78 Å². The van der Waals surface area contributed by atoms with Gasteiger partial charge >= 0.3 is 0 Å². The molecule has 0 aliphatic rings. The molecule has 1 aromatic heterocycles. The van der Waals surface area contributed by atoms with Crippen LogP contribution in [0.5, 0.6) is 5.75 Å². The largest absolute Gasteiger partial charge is 0.495 e. The molecule has 27 heavy (non-hydrogen) atoms. The van der Waals surface area contributed by atoms with E-state index in [2.05, 4.69) is 4.98 Å². The Balaban J connectivity index is 2.19. The van der Waals surface area contributed by atoms with E-state index in [1.165, 1.54) is 13.3 Å². The van der Waals surface area contributed by atoms with Crippen LogP contribution in [0, 0.1) is 11.6 Å². The number of sulfonamides is 1. The van der Waals surface area contributed by atoms with Gasteiger partial charge in [-0.3, -0.25) is 4.98 Å². The molecule has 0 saturated heterocycles. The van der Waals surface area contributed by atoms with E-state index in [9.17, 15) is 17.2 Å². The third-order valence-corrected chi connectivity index (χ3v) is 5.08. The van der Waals surface area contributed by atoms with Gasteiger partial charge in [0.1, 0.15) is 17.4 Å². The predicted octanol–water partition coefficient (Wildman–Crippen LogP) is 4.00. The summed E-state index contributed by atoms with van der Waals surface area (Å²) in [4.78, 5) is 3.09. The molecule has 2 N–H and O–H groups in total. The molecule has 5 nitrogen and oxygen atoms in total. The molecule has 0 atom stereocenters. The van der Waals surface area contributed by atoms with Crippen molar-refractivity contribution in [1.82, 2.24) is 4.98 Å². The topological polar surface area (TPSA) is 82.3 Å². The van der Waals surface area contributed by atoms with Crippen molar-refractivity contribution in [3.63, 3.8) is 0 Å². The highest BCUT2D eigenvalue weighted by Gasteiger charge is 2.22. The van der Waals surface area contributed by atoms with Gasteiger partial charge in [0.25, 0.3) is 0 Å². The lowest BCUT2D eigenvalue weighted by atomic mass is 9.99. The molecule has 0 fully saturated rings. The van der Waals surface area contributed by atoms with Crippen molar-refractivity contribution in [2.24, 2.45) is 5.14 Å². The Labute approximate surface area is 159 Å². The van der Waals surface area contributed by atoms with Crippen molar-refractivity contribution in [2.45, 2.75) is 4.90 Å². The molecule has 9 heteroatoms. The lowest BCUT2D eigenvalue weighted by Crippen LogP contribution is -2.16. The second-order valence-electron chi connectivity index (χ2n) is 5.56. The van der Waals surface area contributed by atoms with Crippen LogP contribution in [-0.4, -0.2) is 20.5 Å². The molecule has 0 unspecified atom stereocenters. The van der Waals surface area contributed by atoms with Crippen LogP contribution in [0.1, 0.15) is 0 Å². The highest BCUT2D eigenvalue weighted by Crippen LogP contribution is 2.35. The molecular weight excluding hydrogens is 398 g/mol. The van der Waals surface area contributed by atoms with Crippen molar-refractivity contribution < 1.29 is 21.9 Å². The van der Waals surface area contributed by atoms with Gasteiger partial charge in [0, 0.05) is 17.3 Å². The van der Waals surface area contributed by atoms with E-state index in [0.29, 0.717) is 27.6 Å². The standard InChI is InChI=1S/C18H13ClF2N2O3S/c1-26-16-5-4-10(7-13(16)19)17-12(3-2-6-23-17)11-8-14(20)18(15(21)9-11)27(22,24)25/h2-9H,1H3,(H2,22,24,25). The maximum Gasteiger partial charge on any atom is 0.243 e. The van der Waals surface area contributed by atoms with Gasteiger partial charge < -0.3 is 4.74 Å². The predicted molar refractivity (Wildman–Crippen MR) is 98.0 cm³/mol. The number of benzene rings is 2. The zero-order valence-corrected chi connectivity index (χ0v) is 15.5. The summed E-state index contributed by atoms with van der Waals surface area (Å²) in [5.41, 5.74) is 1.49. The fraction of sp³-hybridized carbons (Fsp3) is 0.0556. The summed E-state index contributed by atoms with van der Waals surface area (Å²) in [7, 11) is -3.06. The SMILES string of the molecule is COc1ccc(-c2ncccc2-c2cc(F)c(S(N)(=O)=O)c(F)c2)cc1Cl. The summed E-state index contributed by atoms with van der Waals surface area (Å²) >= 11 is 6.15. The number of methoxy groups -OCH3 is 1. The fourth-order valence-corrected chi connectivity index (χ4v) is 3.59. The molecule has 0 bridgehead atoms. The molecule has 3 rings (SSSR count). The number of ether oxygens (including phenoxy) is 1. The van der Waals surface area contributed by atoms with Gasteiger partial charge in [-0.25, -0.2) is 22.3 Å². The van der Waals surface area contributed by atoms with E-state index >= 15 is 0 Å². The molecule has 2 aromatic carbocycles. The van der Waals surface area contributed by atoms with Gasteiger partial charge in [-0.2, -0.15) is 0 Å². The van der Waals surface area contributed by atoms with Crippen molar-refractivity contribution in [3.05, 3.63) is 65.3 Å². The molecule has 1 heterocycles. The van der Waals surface area contributed by atoms with Crippen LogP contribution in [0.3, 0.4) is 0 Å². The summed E-state index contributed by atoms with van der Waals surface area (Å²) in [6.45, 7) is 0. The second-order valence-corrected chi connectivity index (χ2v) is 7.47. The van der Waals surface area contributed by atoms with Crippen LogP contribution >= 0.6 is 11.6 Å². The quantitative estimate of drug-likeness (QED) is 0.704. The number of hydrogen-bond acceptors (Lipinski definition) is 4. The Bertz CT molecular complexity index is 1110. The lowest BCUT2D eigenvalue weighted by Gasteiger charge is -2.12. The molecule has 140 valence electrons. The zero-order valence-electron chi connectivity index (χ0n) is 13.9. The van der Waals surface area contributed by atoms with Gasteiger partial charge in [0.15, 0.2) is 4.90 Å². The molecule has 0 spiro atoms. The smallest absolute Gasteiger partial charge is 0.243 e. The number of pyridine rings is 1. The van der Waals surface area contributed by atoms with E-state index in [-0.39, 0.29) is 5.56 Å². The van der Waals surface area contributed by atoms with Crippen LogP contribution in [0.2, 0.25) is 5.02 Å². The van der Waals surface area contributed by atoms with Crippen molar-refractivity contribution in [2.75, 3.05) is 7.11 Å². The second kappa shape index (κ2) is 7.22. The highest BCUT2D eigenvalue weighted by molar-refractivity contribution is 7.89. The Morgan fingerprint density at radius 1 is 1.07 bits per heavy atom. The zero-order chi connectivity index (χ0) is 19.8. The van der Waals surface area contributed by atoms with E-state index in [1.807, 2.05) is 0 Å². The molecular formula is C18H13ClF2N2O3S. The summed E-state index contributed by atoms with van der Waals surface area (Å²) in [5, 5.41) is 5.21. The summed E-state index contributed by atoms with van der Waals surface area (Å²) in [5.74, 6) is -2.10. The first-order valence-electron chi connectivity index (χ1n) is 7.53. The first-order chi connectivity index (χ1) is 12.7. The van der Waals surface area contributed by atoms with E-state index < -0.39 is 26.6 Å². The summed E-state index contributed by atoms with van der Waals surface area (Å²) in [6.07, 6.45) is 1.52. The number of hydrogen-bond donors (Lipinski definition) is 1. The van der Waals surface area contributed by atoms with Crippen molar-refractivity contribution in [3.8, 4) is 28.1 Å². The van der Waals surface area contributed by atoms with Crippen LogP contribution < -0.4 is 9.88 Å². The van der Waals surface area contributed by atoms with Gasteiger partial charge in [0.2, 0.25) is 10.0 Å². The summed E-state index contributed by atoms with van der Waals surface area (Å²) in [6, 6.07) is 9.93. The maximum atomic E-state index is 14.2. The van der Waals surface area contributed by atoms with Crippen molar-refractivity contribution >= 4 is 21.6 Å². The minimum absolute atomic E-state index is 0.104. The third-order valence-electron chi connectivity index (χ3n) is 3.83. The monoisotopic (exact) mass is 410 g/mol. The van der Waals surface area contributed by atoms with Gasteiger partial charge in [-0.15, -0.1) is 0 Å². The van der Waals surface area contributed by atoms with Crippen LogP contribution in [-0.2, 0) is 10.0 Å². The highest BCUT2D eigenvalue weighted by atomic mass is 35.5. The first-order valence-corrected chi connectivity index (χ1v) is 9.46. The molecule has 0 radical (unpaired) electrons. The van der Waals surface area contributed by atoms with Crippen molar-refractivity contribution in [1.29, 1.82) is 0 Å². The number of nitrogens with zero attached hydrogens (tertiary/aromatic N) is 1. The molecule has 0 aliphatic carbocycles. The van der Waals surface area contributed by atoms with Gasteiger partial charge in [0.05, 0.1) is 17.8 Å². The number of aromatic nitrogens is 1. The van der Waals surface area contributed by atoms with E-state index in [4.69, 9.17) is 21.5 Å². The minimum atomic E-state index is -4.54. The maximum absolute atomic E-state index is 14.2. The molecule has 0 amide bonds. The average molecular weight is 411 g/mol. The normalized spacial score (nSPS) is 11.4. The van der Waals surface area contributed by atoms with E-state index in [0.717, 1.165) is 12.1 Å². The van der Waals surface area contributed by atoms with Crippen LogP contribution in [0.15, 0.2) is 53.6 Å². The third kappa shape index (κ3) is 3.78.